The molecule has 2 amide bonds. The molecule has 0 radical (unpaired) electrons. The van der Waals surface area contributed by atoms with Gasteiger partial charge in [-0.1, -0.05) is 46.4 Å². The highest BCUT2D eigenvalue weighted by molar-refractivity contribution is 6.42. The number of esters is 1. The van der Waals surface area contributed by atoms with Crippen molar-refractivity contribution in [2.45, 2.75) is 19.2 Å². The van der Waals surface area contributed by atoms with Crippen LogP contribution >= 0.6 is 46.4 Å². The lowest BCUT2D eigenvalue weighted by Crippen LogP contribution is -2.27. The number of nitrogens with one attached hydrogen (secondary N) is 1. The average Bonchev–Trinajstić information content (AvgIpc) is 2.88. The third-order valence-electron chi connectivity index (χ3n) is 4.85. The zero-order valence-electron chi connectivity index (χ0n) is 21.4. The minimum atomic E-state index is -4.56. The van der Waals surface area contributed by atoms with Crippen LogP contribution in [-0.4, -0.2) is 48.2 Å². The number of anilines is 1. The van der Waals surface area contributed by atoms with E-state index in [0.717, 1.165) is 25.1 Å². The van der Waals surface area contributed by atoms with Crippen LogP contribution in [0.2, 0.25) is 20.1 Å². The Morgan fingerprint density at radius 1 is 0.878 bits per heavy atom. The molecule has 0 aliphatic rings. The summed E-state index contributed by atoms with van der Waals surface area (Å²) in [5.41, 5.74) is -0.494. The molecule has 0 unspecified atom stereocenters. The number of urea groups is 1. The summed E-state index contributed by atoms with van der Waals surface area (Å²) in [7, 11) is 3.32. The van der Waals surface area contributed by atoms with Crippen LogP contribution in [0, 0.1) is 0 Å². The molecule has 0 aliphatic heterocycles. The zero-order chi connectivity index (χ0) is 31.1. The Kier molecular flexibility index (Phi) is 12.0. The summed E-state index contributed by atoms with van der Waals surface area (Å²) >= 11 is 23.2. The van der Waals surface area contributed by atoms with Crippen LogP contribution < -0.4 is 10.1 Å². The highest BCUT2D eigenvalue weighted by atomic mass is 35.5. The van der Waals surface area contributed by atoms with Crippen LogP contribution in [0.5, 0.6) is 11.5 Å². The van der Waals surface area contributed by atoms with Gasteiger partial charge in [0.2, 0.25) is 0 Å². The quantitative estimate of drug-likeness (QED) is 0.258. The van der Waals surface area contributed by atoms with Crippen molar-refractivity contribution in [2.75, 3.05) is 19.4 Å². The number of alkyl halides is 3. The van der Waals surface area contributed by atoms with Gasteiger partial charge < -0.3 is 24.8 Å². The van der Waals surface area contributed by atoms with Crippen molar-refractivity contribution in [2.24, 2.45) is 0 Å². The third kappa shape index (κ3) is 10.2. The molecule has 1 atom stereocenters. The number of halogens is 7. The molecule has 0 saturated heterocycles. The molecule has 0 fully saturated rings. The highest BCUT2D eigenvalue weighted by Crippen LogP contribution is 2.37. The summed E-state index contributed by atoms with van der Waals surface area (Å²) < 4.78 is 48.1. The Bertz CT molecular complexity index is 1440. The van der Waals surface area contributed by atoms with E-state index in [-0.39, 0.29) is 33.1 Å². The van der Waals surface area contributed by atoms with E-state index in [1.54, 1.807) is 32.3 Å². The van der Waals surface area contributed by atoms with Crippen molar-refractivity contribution in [1.82, 2.24) is 4.90 Å². The van der Waals surface area contributed by atoms with E-state index in [4.69, 9.17) is 61.0 Å². The van der Waals surface area contributed by atoms with E-state index in [1.807, 2.05) is 0 Å². The van der Waals surface area contributed by atoms with Gasteiger partial charge in [0.1, 0.15) is 11.5 Å². The molecule has 0 aliphatic carbocycles. The summed E-state index contributed by atoms with van der Waals surface area (Å²) in [6.07, 6.45) is -5.96. The van der Waals surface area contributed by atoms with E-state index in [2.05, 4.69) is 5.32 Å². The second kappa shape index (κ2) is 14.5. The van der Waals surface area contributed by atoms with E-state index in [1.165, 1.54) is 17.0 Å². The van der Waals surface area contributed by atoms with Crippen molar-refractivity contribution in [1.29, 1.82) is 0 Å². The number of carboxylic acids is 1. The lowest BCUT2D eigenvalue weighted by Gasteiger charge is -2.13. The number of hydrogen-bond acceptors (Lipinski definition) is 5. The molecule has 0 saturated carbocycles. The molecule has 3 aromatic rings. The fraction of sp³-hybridized carbons (Fsp3) is 0.192. The lowest BCUT2D eigenvalue weighted by atomic mass is 10.2. The molecule has 0 bridgehead atoms. The van der Waals surface area contributed by atoms with Crippen molar-refractivity contribution in [3.63, 3.8) is 0 Å². The first-order valence-corrected chi connectivity index (χ1v) is 12.7. The lowest BCUT2D eigenvalue weighted by molar-refractivity contribution is -0.146. The maximum Gasteiger partial charge on any atom is 0.416 e. The molecule has 15 heteroatoms. The standard InChI is InChI=1S/C17H11Cl2F3O5.C9H10Cl2N2O/c1-8(15(23)24)26-16(25)11-7-10(3-4-12(11)18)27-14-5-2-9(6-13(14)19)17(20,21)22;1-13(2)9(14)12-6-3-4-7(10)8(11)5-6/h2-8H,1H3,(H,23,24);3-5H,1-2H3,(H,12,14)/t8-;/m0./s1. The molecule has 0 aromatic heterocycles. The number of carbonyl (C=O) groups is 3. The molecule has 2 N–H and O–H groups in total. The van der Waals surface area contributed by atoms with Crippen LogP contribution in [-0.2, 0) is 15.7 Å². The molecule has 41 heavy (non-hydrogen) atoms. The number of hydrogen-bond donors (Lipinski definition) is 2. The van der Waals surface area contributed by atoms with Crippen molar-refractivity contribution in [3.05, 3.63) is 85.8 Å². The maximum atomic E-state index is 12.7. The van der Waals surface area contributed by atoms with Crippen LogP contribution in [0.4, 0.5) is 23.7 Å². The molecule has 220 valence electrons. The predicted molar refractivity (Wildman–Crippen MR) is 150 cm³/mol. The van der Waals surface area contributed by atoms with Crippen molar-refractivity contribution in [3.8, 4) is 11.5 Å². The number of amides is 2. The second-order valence-electron chi connectivity index (χ2n) is 8.23. The smallest absolute Gasteiger partial charge is 0.416 e. The van der Waals surface area contributed by atoms with Gasteiger partial charge >= 0.3 is 24.1 Å². The number of aliphatic carboxylic acids is 1. The highest BCUT2D eigenvalue weighted by Gasteiger charge is 2.31. The van der Waals surface area contributed by atoms with E-state index < -0.39 is 29.8 Å². The van der Waals surface area contributed by atoms with Gasteiger partial charge in [-0.3, -0.25) is 0 Å². The minimum Gasteiger partial charge on any atom is -0.479 e. The number of ether oxygens (including phenoxy) is 2. The fourth-order valence-electron chi connectivity index (χ4n) is 2.69. The van der Waals surface area contributed by atoms with E-state index >= 15 is 0 Å². The molecule has 8 nitrogen and oxygen atoms in total. The second-order valence-corrected chi connectivity index (χ2v) is 9.85. The molecular formula is C26H21Cl4F3N2O6. The predicted octanol–water partition coefficient (Wildman–Crippen LogP) is 8.52. The first-order valence-electron chi connectivity index (χ1n) is 11.2. The zero-order valence-corrected chi connectivity index (χ0v) is 24.4. The molecule has 3 aromatic carbocycles. The van der Waals surface area contributed by atoms with E-state index in [9.17, 15) is 27.6 Å². The number of nitrogens with zero attached hydrogens (tertiary/aromatic N) is 1. The Hall–Kier alpha value is -3.38. The first kappa shape index (κ1) is 33.8. The summed E-state index contributed by atoms with van der Waals surface area (Å²) in [6, 6.07) is 11.1. The van der Waals surface area contributed by atoms with Crippen LogP contribution in [0.25, 0.3) is 0 Å². The van der Waals surface area contributed by atoms with Crippen molar-refractivity contribution < 1.29 is 42.1 Å². The van der Waals surface area contributed by atoms with Crippen molar-refractivity contribution >= 4 is 70.1 Å². The van der Waals surface area contributed by atoms with Gasteiger partial charge in [-0.25, -0.2) is 14.4 Å². The summed E-state index contributed by atoms with van der Waals surface area (Å²) in [6.45, 7) is 1.16. The summed E-state index contributed by atoms with van der Waals surface area (Å²) in [4.78, 5) is 35.5. The van der Waals surface area contributed by atoms with Gasteiger partial charge in [0.15, 0.2) is 6.10 Å². The fourth-order valence-corrected chi connectivity index (χ4v) is 3.41. The SMILES string of the molecule is CN(C)C(=O)Nc1ccc(Cl)c(Cl)c1.C[C@H](OC(=O)c1cc(Oc2ccc(C(F)(F)F)cc2Cl)ccc1Cl)C(=O)O. The monoisotopic (exact) mass is 654 g/mol. The molecule has 3 rings (SSSR count). The largest absolute Gasteiger partial charge is 0.479 e. The van der Waals surface area contributed by atoms with Crippen LogP contribution in [0.1, 0.15) is 22.8 Å². The van der Waals surface area contributed by atoms with Gasteiger partial charge in [-0.05, 0) is 61.5 Å². The third-order valence-corrected chi connectivity index (χ3v) is 6.22. The van der Waals surface area contributed by atoms with E-state index in [0.29, 0.717) is 21.8 Å². The Balaban J connectivity index is 0.000000353. The van der Waals surface area contributed by atoms with Gasteiger partial charge in [-0.2, -0.15) is 13.2 Å². The Labute approximate surface area is 252 Å². The first-order chi connectivity index (χ1) is 19.0. The molecule has 0 spiro atoms. The van der Waals surface area contributed by atoms with Gasteiger partial charge in [0.05, 0.1) is 31.2 Å². The van der Waals surface area contributed by atoms with Gasteiger partial charge in [-0.15, -0.1) is 0 Å². The molecule has 0 heterocycles. The van der Waals surface area contributed by atoms with Gasteiger partial charge in [0.25, 0.3) is 0 Å². The topological polar surface area (TPSA) is 105 Å². The number of rotatable bonds is 6. The Morgan fingerprint density at radius 3 is 2.05 bits per heavy atom. The molecular weight excluding hydrogens is 635 g/mol. The van der Waals surface area contributed by atoms with Crippen LogP contribution in [0.3, 0.4) is 0 Å². The summed E-state index contributed by atoms with van der Waals surface area (Å²) in [5, 5.41) is 12.0. The van der Waals surface area contributed by atoms with Gasteiger partial charge in [0, 0.05) is 19.8 Å². The maximum absolute atomic E-state index is 12.7. The Morgan fingerprint density at radius 2 is 1.51 bits per heavy atom. The number of carboxylic acid groups (broad SMARTS) is 1. The number of carbonyl (C=O) groups excluding carboxylic acids is 2. The summed E-state index contributed by atoms with van der Waals surface area (Å²) in [5.74, 6) is -2.39. The van der Waals surface area contributed by atoms with Crippen LogP contribution in [0.15, 0.2) is 54.6 Å². The normalized spacial score (nSPS) is 11.5. The number of benzene rings is 3. The minimum absolute atomic E-state index is 0.0246. The average molecular weight is 656 g/mol.